The number of aliphatic hydroxyl groups is 1. The first-order valence-corrected chi connectivity index (χ1v) is 10.9. The van der Waals surface area contributed by atoms with Crippen LogP contribution in [0.15, 0.2) is 42.9 Å². The van der Waals surface area contributed by atoms with Crippen LogP contribution in [0.1, 0.15) is 44.0 Å². The fraction of sp³-hybridized carbons (Fsp3) is 0.435. The van der Waals surface area contributed by atoms with E-state index in [0.29, 0.717) is 54.7 Å². The number of hydrogen-bond acceptors (Lipinski definition) is 7. The average Bonchev–Trinajstić information content (AvgIpc) is 3.14. The van der Waals surface area contributed by atoms with Gasteiger partial charge in [0.25, 0.3) is 0 Å². The first-order chi connectivity index (χ1) is 16.1. The predicted octanol–water partition coefficient (Wildman–Crippen LogP) is 4.89. The number of ether oxygens (including phenoxy) is 2. The van der Waals surface area contributed by atoms with Crippen molar-refractivity contribution in [1.29, 1.82) is 0 Å². The minimum atomic E-state index is -4.39. The molecule has 34 heavy (non-hydrogen) atoms. The number of alkyl halides is 3. The van der Waals surface area contributed by atoms with Gasteiger partial charge in [-0.2, -0.15) is 18.3 Å². The number of anilines is 2. The fourth-order valence-electron chi connectivity index (χ4n) is 3.68. The number of nitrogens with one attached hydrogen (secondary N) is 1. The van der Waals surface area contributed by atoms with Crippen LogP contribution in [0.3, 0.4) is 0 Å². The predicted molar refractivity (Wildman–Crippen MR) is 118 cm³/mol. The molecule has 0 saturated carbocycles. The van der Waals surface area contributed by atoms with E-state index in [1.807, 2.05) is 0 Å². The molecule has 1 fully saturated rings. The molecule has 0 spiro atoms. The monoisotopic (exact) mass is 477 g/mol. The highest BCUT2D eigenvalue weighted by Crippen LogP contribution is 2.36. The summed E-state index contributed by atoms with van der Waals surface area (Å²) in [4.78, 5) is 8.45. The molecule has 0 amide bonds. The van der Waals surface area contributed by atoms with E-state index in [1.165, 1.54) is 12.4 Å². The summed E-state index contributed by atoms with van der Waals surface area (Å²) in [5, 5.41) is 17.5. The standard InChI is InChI=1S/C23H26F3N5O3/c1-22(2,32)19-11-16(3-7-27-19)29-20-12-17(4-8-28-20)34-18-13-31(14-23(24,25)26)30-21(18)15-5-9-33-10-6-15/h3-4,7-8,11-13,15,32H,5-6,9-10,14H2,1-2H3,(H,27,28,29). The SMILES string of the molecule is CC(C)(O)c1cc(Nc2cc(Oc3cn(CC(F)(F)F)nc3C3CCOCC3)ccn2)ccn1. The van der Waals surface area contributed by atoms with Crippen molar-refractivity contribution in [2.45, 2.75) is 50.9 Å². The highest BCUT2D eigenvalue weighted by Gasteiger charge is 2.31. The summed E-state index contributed by atoms with van der Waals surface area (Å²) in [6.45, 7) is 3.14. The van der Waals surface area contributed by atoms with Gasteiger partial charge in [-0.25, -0.2) is 4.98 Å². The van der Waals surface area contributed by atoms with Gasteiger partial charge in [0.15, 0.2) is 5.75 Å². The lowest BCUT2D eigenvalue weighted by molar-refractivity contribution is -0.142. The molecule has 1 aliphatic heterocycles. The van der Waals surface area contributed by atoms with Crippen molar-refractivity contribution in [1.82, 2.24) is 19.7 Å². The van der Waals surface area contributed by atoms with Crippen LogP contribution in [0.2, 0.25) is 0 Å². The van der Waals surface area contributed by atoms with E-state index in [1.54, 1.807) is 44.3 Å². The van der Waals surface area contributed by atoms with Crippen molar-refractivity contribution in [3.05, 3.63) is 54.2 Å². The Bertz CT molecular complexity index is 1120. The number of aromatic nitrogens is 4. The molecule has 4 rings (SSSR count). The van der Waals surface area contributed by atoms with Crippen LogP contribution in [-0.2, 0) is 16.9 Å². The summed E-state index contributed by atoms with van der Waals surface area (Å²) in [6.07, 6.45) is 1.32. The molecule has 4 heterocycles. The van der Waals surface area contributed by atoms with Gasteiger partial charge in [0.1, 0.15) is 29.4 Å². The minimum absolute atomic E-state index is 0.0465. The van der Waals surface area contributed by atoms with Crippen LogP contribution in [0.5, 0.6) is 11.5 Å². The Morgan fingerprint density at radius 3 is 2.59 bits per heavy atom. The third-order valence-electron chi connectivity index (χ3n) is 5.32. The molecule has 11 heteroatoms. The zero-order valence-electron chi connectivity index (χ0n) is 18.8. The topological polar surface area (TPSA) is 94.3 Å². The maximum absolute atomic E-state index is 13.0. The largest absolute Gasteiger partial charge is 0.454 e. The van der Waals surface area contributed by atoms with Crippen LogP contribution < -0.4 is 10.1 Å². The molecule has 0 aromatic carbocycles. The van der Waals surface area contributed by atoms with Crippen LogP contribution >= 0.6 is 0 Å². The molecule has 0 radical (unpaired) electrons. The number of rotatable bonds is 7. The molecule has 1 saturated heterocycles. The molecule has 3 aromatic heterocycles. The Labute approximate surface area is 194 Å². The second-order valence-corrected chi connectivity index (χ2v) is 8.67. The van der Waals surface area contributed by atoms with Crippen molar-refractivity contribution in [2.75, 3.05) is 18.5 Å². The smallest absolute Gasteiger partial charge is 0.408 e. The molecular formula is C23H26F3N5O3. The number of hydrogen-bond donors (Lipinski definition) is 2. The van der Waals surface area contributed by atoms with Crippen LogP contribution in [0.25, 0.3) is 0 Å². The Morgan fingerprint density at radius 1 is 1.15 bits per heavy atom. The van der Waals surface area contributed by atoms with Crippen LogP contribution in [0.4, 0.5) is 24.7 Å². The van der Waals surface area contributed by atoms with Gasteiger partial charge in [0.05, 0.1) is 11.9 Å². The van der Waals surface area contributed by atoms with E-state index in [2.05, 4.69) is 20.4 Å². The Hall–Kier alpha value is -3.18. The van der Waals surface area contributed by atoms with Crippen molar-refractivity contribution in [2.24, 2.45) is 0 Å². The normalized spacial score (nSPS) is 15.4. The second kappa shape index (κ2) is 9.59. The van der Waals surface area contributed by atoms with Gasteiger partial charge in [-0.1, -0.05) is 0 Å². The van der Waals surface area contributed by atoms with Gasteiger partial charge in [0.2, 0.25) is 0 Å². The lowest BCUT2D eigenvalue weighted by Crippen LogP contribution is -2.19. The summed E-state index contributed by atoms with van der Waals surface area (Å²) in [7, 11) is 0. The molecule has 182 valence electrons. The molecule has 3 aromatic rings. The Balaban J connectivity index is 1.56. The Kier molecular flexibility index (Phi) is 6.76. The lowest BCUT2D eigenvalue weighted by Gasteiger charge is -2.21. The van der Waals surface area contributed by atoms with Gasteiger partial charge in [-0.3, -0.25) is 9.67 Å². The van der Waals surface area contributed by atoms with Gasteiger partial charge in [-0.15, -0.1) is 0 Å². The summed E-state index contributed by atoms with van der Waals surface area (Å²) in [5.41, 5.74) is 0.538. The van der Waals surface area contributed by atoms with E-state index < -0.39 is 18.3 Å². The second-order valence-electron chi connectivity index (χ2n) is 8.67. The molecule has 8 nitrogen and oxygen atoms in total. The molecule has 0 unspecified atom stereocenters. The van der Waals surface area contributed by atoms with Crippen LogP contribution in [-0.4, -0.2) is 44.2 Å². The highest BCUT2D eigenvalue weighted by atomic mass is 19.4. The molecule has 0 atom stereocenters. The van der Waals surface area contributed by atoms with E-state index in [-0.39, 0.29) is 11.7 Å². The lowest BCUT2D eigenvalue weighted by atomic mass is 9.96. The molecular weight excluding hydrogens is 451 g/mol. The third kappa shape index (κ3) is 6.23. The molecule has 0 aliphatic carbocycles. The summed E-state index contributed by atoms with van der Waals surface area (Å²) < 4.78 is 51.1. The average molecular weight is 477 g/mol. The number of pyridine rings is 2. The summed E-state index contributed by atoms with van der Waals surface area (Å²) in [6, 6.07) is 6.70. The van der Waals surface area contributed by atoms with E-state index in [4.69, 9.17) is 9.47 Å². The van der Waals surface area contributed by atoms with Crippen molar-refractivity contribution >= 4 is 11.5 Å². The van der Waals surface area contributed by atoms with Crippen molar-refractivity contribution in [3.63, 3.8) is 0 Å². The zero-order valence-corrected chi connectivity index (χ0v) is 18.8. The number of nitrogens with zero attached hydrogens (tertiary/aromatic N) is 4. The molecule has 1 aliphatic rings. The first kappa shape index (κ1) is 24.0. The van der Waals surface area contributed by atoms with E-state index >= 15 is 0 Å². The van der Waals surface area contributed by atoms with Crippen molar-refractivity contribution < 1.29 is 27.8 Å². The van der Waals surface area contributed by atoms with Gasteiger partial charge < -0.3 is 19.9 Å². The van der Waals surface area contributed by atoms with Crippen molar-refractivity contribution in [3.8, 4) is 11.5 Å². The summed E-state index contributed by atoms with van der Waals surface area (Å²) in [5.74, 6) is 1.09. The first-order valence-electron chi connectivity index (χ1n) is 10.9. The Morgan fingerprint density at radius 2 is 1.88 bits per heavy atom. The molecule has 2 N–H and O–H groups in total. The van der Waals surface area contributed by atoms with Crippen LogP contribution in [0, 0.1) is 0 Å². The highest BCUT2D eigenvalue weighted by molar-refractivity contribution is 5.58. The van der Waals surface area contributed by atoms with E-state index in [0.717, 1.165) is 4.68 Å². The zero-order chi connectivity index (χ0) is 24.3. The minimum Gasteiger partial charge on any atom is -0.454 e. The molecule has 0 bridgehead atoms. The quantitative estimate of drug-likeness (QED) is 0.500. The van der Waals surface area contributed by atoms with Gasteiger partial charge >= 0.3 is 6.18 Å². The summed E-state index contributed by atoms with van der Waals surface area (Å²) >= 11 is 0. The maximum atomic E-state index is 13.0. The fourth-order valence-corrected chi connectivity index (χ4v) is 3.68. The van der Waals surface area contributed by atoms with Gasteiger partial charge in [0, 0.05) is 43.3 Å². The van der Waals surface area contributed by atoms with E-state index in [9.17, 15) is 18.3 Å². The number of halogens is 3. The maximum Gasteiger partial charge on any atom is 0.408 e. The third-order valence-corrected chi connectivity index (χ3v) is 5.32. The van der Waals surface area contributed by atoms with Gasteiger partial charge in [-0.05, 0) is 44.9 Å².